The topological polar surface area (TPSA) is 144 Å². The zero-order valence-electron chi connectivity index (χ0n) is 20.1. The molecule has 1 atom stereocenters. The number of hydrogen-bond donors (Lipinski definition) is 4. The Bertz CT molecular complexity index is 1330. The number of fused-ring (bicyclic) bond motifs is 5. The van der Waals surface area contributed by atoms with Crippen LogP contribution in [0.25, 0.3) is 11.3 Å². The Labute approximate surface area is 208 Å². The lowest BCUT2D eigenvalue weighted by molar-refractivity contribution is -0.386. The van der Waals surface area contributed by atoms with Crippen LogP contribution in [0.1, 0.15) is 59.0 Å². The zero-order valence-corrected chi connectivity index (χ0v) is 20.1. The number of rotatable bonds is 3. The first-order valence-corrected chi connectivity index (χ1v) is 12.0. The number of anilines is 2. The van der Waals surface area contributed by atoms with E-state index in [0.717, 1.165) is 28.7 Å². The van der Waals surface area contributed by atoms with Gasteiger partial charge in [-0.25, -0.2) is 9.78 Å². The van der Waals surface area contributed by atoms with Crippen molar-refractivity contribution in [1.29, 1.82) is 0 Å². The van der Waals surface area contributed by atoms with Gasteiger partial charge < -0.3 is 25.7 Å². The first-order chi connectivity index (χ1) is 17.5. The number of nitrogens with one attached hydrogen (secondary N) is 3. The van der Waals surface area contributed by atoms with Gasteiger partial charge in [0.1, 0.15) is 5.82 Å². The Kier molecular flexibility index (Phi) is 6.43. The fourth-order valence-corrected chi connectivity index (χ4v) is 4.85. The largest absolute Gasteiger partial charge is 0.453 e. The molecule has 186 valence electrons. The molecule has 1 aromatic heterocycles. The fourth-order valence-electron chi connectivity index (χ4n) is 4.85. The molecule has 2 aliphatic heterocycles. The molecule has 0 unspecified atom stereocenters. The summed E-state index contributed by atoms with van der Waals surface area (Å²) in [5.41, 5.74) is 9.27. The van der Waals surface area contributed by atoms with Gasteiger partial charge in [-0.2, -0.15) is 0 Å². The molecule has 0 spiro atoms. The van der Waals surface area contributed by atoms with Crippen LogP contribution in [0.3, 0.4) is 0 Å². The van der Waals surface area contributed by atoms with Crippen molar-refractivity contribution in [3.05, 3.63) is 65.1 Å². The van der Waals surface area contributed by atoms with Crippen molar-refractivity contribution in [2.75, 3.05) is 17.7 Å². The van der Waals surface area contributed by atoms with Gasteiger partial charge >= 0.3 is 6.09 Å². The zero-order chi connectivity index (χ0) is 25.2. The molecule has 5 rings (SSSR count). The van der Waals surface area contributed by atoms with E-state index >= 15 is 0 Å². The van der Waals surface area contributed by atoms with Gasteiger partial charge in [-0.3, -0.25) is 14.9 Å². The first kappa shape index (κ1) is 23.6. The van der Waals surface area contributed by atoms with E-state index < -0.39 is 6.09 Å². The number of hydrogen-bond acceptors (Lipinski definition) is 5. The van der Waals surface area contributed by atoms with Gasteiger partial charge in [0, 0.05) is 35.3 Å². The molecule has 2 aromatic carbocycles. The maximum Gasteiger partial charge on any atom is 0.411 e. The smallest absolute Gasteiger partial charge is 0.411 e. The summed E-state index contributed by atoms with van der Waals surface area (Å²) in [6, 6.07) is 10.9. The molecule has 3 aromatic rings. The van der Waals surface area contributed by atoms with E-state index in [1.165, 1.54) is 7.11 Å². The van der Waals surface area contributed by atoms with Crippen LogP contribution in [0, 0.1) is 0 Å². The van der Waals surface area contributed by atoms with Crippen molar-refractivity contribution in [1.82, 2.24) is 14.9 Å². The Hall–Kier alpha value is -4.18. The molecule has 0 fully saturated rings. The van der Waals surface area contributed by atoms with Crippen molar-refractivity contribution in [2.24, 2.45) is 0 Å². The highest BCUT2D eigenvalue weighted by atomic mass is 16.5. The molecule has 0 saturated carbocycles. The van der Waals surface area contributed by atoms with Crippen molar-refractivity contribution < 1.29 is 24.9 Å². The molecule has 10 heteroatoms. The average molecular weight is 490 g/mol. The van der Waals surface area contributed by atoms with E-state index in [-0.39, 0.29) is 17.9 Å². The van der Waals surface area contributed by atoms with Crippen LogP contribution in [0.15, 0.2) is 42.6 Å². The van der Waals surface area contributed by atoms with Crippen LogP contribution >= 0.6 is 0 Å². The van der Waals surface area contributed by atoms with E-state index in [4.69, 9.17) is 0 Å². The van der Waals surface area contributed by atoms with Crippen molar-refractivity contribution >= 4 is 29.3 Å². The third kappa shape index (κ3) is 4.55. The maximum atomic E-state index is 13.3. The monoisotopic (exact) mass is 489 g/mol. The molecule has 6 N–H and O–H groups in total. The van der Waals surface area contributed by atoms with Crippen LogP contribution in [0.2, 0.25) is 0 Å². The number of aromatic nitrogens is 2. The Morgan fingerprint density at radius 2 is 2.03 bits per heavy atom. The summed E-state index contributed by atoms with van der Waals surface area (Å²) in [6.07, 6.45) is 3.59. The number of amides is 3. The van der Waals surface area contributed by atoms with Crippen LogP contribution in [-0.4, -0.2) is 39.9 Å². The number of ether oxygens (including phenoxy) is 1. The predicted molar refractivity (Wildman–Crippen MR) is 133 cm³/mol. The number of quaternary nitrogens is 1. The number of benzene rings is 2. The summed E-state index contributed by atoms with van der Waals surface area (Å²) in [5.74, 6) is 0.583. The van der Waals surface area contributed by atoms with E-state index in [2.05, 4.69) is 37.1 Å². The van der Waals surface area contributed by atoms with Crippen LogP contribution in [0.4, 0.5) is 16.2 Å². The molecule has 36 heavy (non-hydrogen) atoms. The highest BCUT2D eigenvalue weighted by Gasteiger charge is 2.35. The van der Waals surface area contributed by atoms with Gasteiger partial charge in [0.15, 0.2) is 0 Å². The summed E-state index contributed by atoms with van der Waals surface area (Å²) in [6.45, 7) is 1.19. The molecular formula is C26H29N6O4+. The van der Waals surface area contributed by atoms with Gasteiger partial charge in [0.2, 0.25) is 5.91 Å². The third-order valence-corrected chi connectivity index (χ3v) is 6.72. The van der Waals surface area contributed by atoms with Crippen molar-refractivity contribution in [3.8, 4) is 11.3 Å². The van der Waals surface area contributed by atoms with E-state index in [0.29, 0.717) is 55.2 Å². The number of H-pyrrole nitrogens is 1. The van der Waals surface area contributed by atoms with E-state index in [9.17, 15) is 14.4 Å². The second kappa shape index (κ2) is 9.82. The predicted octanol–water partition coefficient (Wildman–Crippen LogP) is 3.21. The summed E-state index contributed by atoms with van der Waals surface area (Å²) in [4.78, 5) is 47.6. The minimum Gasteiger partial charge on any atom is -0.453 e. The number of aromatic amines is 1. The Morgan fingerprint density at radius 3 is 2.83 bits per heavy atom. The standard InChI is InChI=1S/C26H28N6O4/c1-36-26(35)29-17-7-9-19-20(11-17)30-23(33)5-3-2-4-22(24-28-13-21(19)31-24)32-14-16-10-15(12-27)6-8-18(16)25(32)34/h6-11,13,22H,2-5,12,14,27H2,1H3,(H,28,31)(H,29,35)(H,30,33)/p+1/t22-/m0/s1. The minimum atomic E-state index is -0.598. The summed E-state index contributed by atoms with van der Waals surface area (Å²) < 4.78 is 4.67. The molecule has 0 saturated heterocycles. The van der Waals surface area contributed by atoms with Crippen molar-refractivity contribution in [3.63, 3.8) is 0 Å². The summed E-state index contributed by atoms with van der Waals surface area (Å²) >= 11 is 0. The fraction of sp³-hybridized carbons (Fsp3) is 0.308. The number of carbonyl (C=O) groups excluding carboxylic acids is 3. The first-order valence-electron chi connectivity index (χ1n) is 12.0. The van der Waals surface area contributed by atoms with Gasteiger partial charge in [0.05, 0.1) is 37.3 Å². The highest BCUT2D eigenvalue weighted by Crippen LogP contribution is 2.36. The second-order valence-corrected chi connectivity index (χ2v) is 9.04. The van der Waals surface area contributed by atoms with Gasteiger partial charge in [-0.1, -0.05) is 12.5 Å². The van der Waals surface area contributed by atoms with Gasteiger partial charge in [-0.15, -0.1) is 0 Å². The van der Waals surface area contributed by atoms with Gasteiger partial charge in [0.25, 0.3) is 5.91 Å². The van der Waals surface area contributed by atoms with Gasteiger partial charge in [-0.05, 0) is 48.7 Å². The molecule has 3 amide bonds. The average Bonchev–Trinajstić information content (AvgIpc) is 3.48. The summed E-state index contributed by atoms with van der Waals surface area (Å²) in [5, 5.41) is 5.58. The molecule has 2 bridgehead atoms. The highest BCUT2D eigenvalue weighted by molar-refractivity contribution is 5.99. The lowest BCUT2D eigenvalue weighted by Crippen LogP contribution is -2.47. The van der Waals surface area contributed by atoms with E-state index in [1.807, 2.05) is 17.0 Å². The molecular weight excluding hydrogens is 460 g/mol. The molecule has 3 heterocycles. The lowest BCUT2D eigenvalue weighted by atomic mass is 10.0. The second-order valence-electron chi connectivity index (χ2n) is 9.04. The molecule has 2 aliphatic rings. The number of nitrogens with zero attached hydrogens (tertiary/aromatic N) is 2. The lowest BCUT2D eigenvalue weighted by Gasteiger charge is -2.26. The Balaban J connectivity index is 1.49. The molecule has 0 aliphatic carbocycles. The van der Waals surface area contributed by atoms with E-state index in [1.54, 1.807) is 24.4 Å². The quantitative estimate of drug-likeness (QED) is 0.447. The molecule has 0 radical (unpaired) electrons. The number of imidazole rings is 1. The number of carbonyl (C=O) groups is 3. The van der Waals surface area contributed by atoms with Crippen LogP contribution in [-0.2, 0) is 22.6 Å². The van der Waals surface area contributed by atoms with Crippen LogP contribution in [0.5, 0.6) is 0 Å². The maximum absolute atomic E-state index is 13.3. The number of methoxy groups -OCH3 is 1. The SMILES string of the molecule is COC(=O)Nc1ccc2c(c1)NC(=O)CCCC[C@H](N1Cc3cc(C[NH3+])ccc3C1=O)c1ncc-2[nH]1. The normalized spacial score (nSPS) is 17.4. The van der Waals surface area contributed by atoms with Crippen LogP contribution < -0.4 is 16.4 Å². The van der Waals surface area contributed by atoms with Crippen molar-refractivity contribution in [2.45, 2.75) is 44.8 Å². The summed E-state index contributed by atoms with van der Waals surface area (Å²) in [7, 11) is 1.29. The third-order valence-electron chi connectivity index (χ3n) is 6.72. The Morgan fingerprint density at radius 1 is 1.19 bits per heavy atom. The molecule has 10 nitrogen and oxygen atoms in total. The minimum absolute atomic E-state index is 0.00711.